The summed E-state index contributed by atoms with van der Waals surface area (Å²) in [4.78, 5) is 17.2. The molecule has 0 N–H and O–H groups in total. The molecule has 26 heavy (non-hydrogen) atoms. The number of benzene rings is 2. The molecule has 1 heterocycles. The molecule has 1 fully saturated rings. The van der Waals surface area contributed by atoms with Gasteiger partial charge < -0.3 is 9.80 Å². The maximum Gasteiger partial charge on any atom is 0.227 e. The van der Waals surface area contributed by atoms with E-state index in [0.717, 1.165) is 37.2 Å². The van der Waals surface area contributed by atoms with Crippen molar-refractivity contribution in [1.82, 2.24) is 9.80 Å². The van der Waals surface area contributed by atoms with Crippen molar-refractivity contribution in [3.8, 4) is 0 Å². The van der Waals surface area contributed by atoms with E-state index in [1.165, 1.54) is 0 Å². The number of halogens is 2. The summed E-state index contributed by atoms with van der Waals surface area (Å²) in [6, 6.07) is 15.6. The predicted molar refractivity (Wildman–Crippen MR) is 107 cm³/mol. The van der Waals surface area contributed by atoms with Gasteiger partial charge in [-0.05, 0) is 42.6 Å². The minimum Gasteiger partial charge on any atom is -0.337 e. The van der Waals surface area contributed by atoms with Crippen LogP contribution in [0.15, 0.2) is 48.5 Å². The van der Waals surface area contributed by atoms with E-state index in [9.17, 15) is 4.79 Å². The Bertz CT molecular complexity index is 745. The Kier molecular flexibility index (Phi) is 6.58. The van der Waals surface area contributed by atoms with Crippen molar-refractivity contribution in [3.05, 3.63) is 76.1 Å². The summed E-state index contributed by atoms with van der Waals surface area (Å²) in [7, 11) is 1.89. The molecule has 0 spiro atoms. The van der Waals surface area contributed by atoms with Crippen molar-refractivity contribution in [2.75, 3.05) is 26.7 Å². The van der Waals surface area contributed by atoms with E-state index in [4.69, 9.17) is 23.2 Å². The first-order valence-electron chi connectivity index (χ1n) is 8.83. The number of amides is 1. The van der Waals surface area contributed by atoms with E-state index in [0.29, 0.717) is 16.5 Å². The maximum absolute atomic E-state index is 12.9. The van der Waals surface area contributed by atoms with Gasteiger partial charge in [-0.2, -0.15) is 0 Å². The van der Waals surface area contributed by atoms with Gasteiger partial charge in [0.25, 0.3) is 0 Å². The highest BCUT2D eigenvalue weighted by molar-refractivity contribution is 6.42. The van der Waals surface area contributed by atoms with Gasteiger partial charge in [-0.1, -0.05) is 59.6 Å². The summed E-state index contributed by atoms with van der Waals surface area (Å²) in [5.41, 5.74) is 2.03. The lowest BCUT2D eigenvalue weighted by atomic mass is 10.0. The van der Waals surface area contributed by atoms with Crippen molar-refractivity contribution in [2.24, 2.45) is 0 Å². The molecule has 2 aromatic carbocycles. The molecule has 1 aliphatic rings. The molecule has 137 valence electrons. The average molecular weight is 390 g/mol. The third kappa shape index (κ3) is 4.79. The van der Waals surface area contributed by atoms with Crippen molar-refractivity contribution in [2.45, 2.75) is 18.9 Å². The lowest BCUT2D eigenvalue weighted by Gasteiger charge is -2.32. The van der Waals surface area contributed by atoms with E-state index < -0.39 is 0 Å². The summed E-state index contributed by atoms with van der Waals surface area (Å²) >= 11 is 12.1. The average Bonchev–Trinajstić information content (AvgIpc) is 3.16. The Morgan fingerprint density at radius 1 is 1.15 bits per heavy atom. The van der Waals surface area contributed by atoms with Crippen LogP contribution in [0.4, 0.5) is 0 Å². The number of hydrogen-bond acceptors (Lipinski definition) is 2. The molecule has 0 aliphatic carbocycles. The van der Waals surface area contributed by atoms with Gasteiger partial charge in [-0.25, -0.2) is 0 Å². The molecule has 1 saturated heterocycles. The number of rotatable bonds is 6. The van der Waals surface area contributed by atoms with Gasteiger partial charge in [0.1, 0.15) is 0 Å². The van der Waals surface area contributed by atoms with Gasteiger partial charge >= 0.3 is 0 Å². The third-order valence-corrected chi connectivity index (χ3v) is 5.59. The molecule has 0 aromatic heterocycles. The summed E-state index contributed by atoms with van der Waals surface area (Å²) in [6.45, 7) is 2.88. The topological polar surface area (TPSA) is 23.6 Å². The summed E-state index contributed by atoms with van der Waals surface area (Å²) in [5.74, 6) is 0.0698. The molecule has 1 radical (unpaired) electrons. The summed E-state index contributed by atoms with van der Waals surface area (Å²) in [5, 5.41) is 0.982. The Morgan fingerprint density at radius 2 is 1.92 bits per heavy atom. The van der Waals surface area contributed by atoms with E-state index in [1.807, 2.05) is 36.2 Å². The van der Waals surface area contributed by atoms with Crippen LogP contribution in [0.5, 0.6) is 0 Å². The highest BCUT2D eigenvalue weighted by Crippen LogP contribution is 2.25. The lowest BCUT2D eigenvalue weighted by Crippen LogP contribution is -2.39. The molecule has 2 aromatic rings. The molecular formula is C21H23Cl2N2O. The van der Waals surface area contributed by atoms with Crippen molar-refractivity contribution < 1.29 is 4.79 Å². The van der Waals surface area contributed by atoms with Gasteiger partial charge in [0.05, 0.1) is 22.5 Å². The smallest absolute Gasteiger partial charge is 0.227 e. The largest absolute Gasteiger partial charge is 0.337 e. The standard InChI is InChI=1S/C21H23Cl2N2O/c1-24(21(26)14-16-9-10-18(22)19(23)13-16)20(15-25-11-5-6-12-25)17-7-3-2-4-8-17/h2-5,7-10,13,20H,6,11-12,14-15H2,1H3/t20-/m0/s1. The molecule has 1 aliphatic heterocycles. The number of nitrogens with zero attached hydrogens (tertiary/aromatic N) is 2. The molecule has 3 nitrogen and oxygen atoms in total. The van der Waals surface area contributed by atoms with Crippen LogP contribution < -0.4 is 0 Å². The third-order valence-electron chi connectivity index (χ3n) is 4.85. The number of carbonyl (C=O) groups is 1. The van der Waals surface area contributed by atoms with Crippen LogP contribution in [-0.4, -0.2) is 42.4 Å². The Hall–Kier alpha value is -1.55. The minimum absolute atomic E-state index is 0.0259. The fourth-order valence-electron chi connectivity index (χ4n) is 3.30. The Balaban J connectivity index is 1.75. The molecular weight excluding hydrogens is 367 g/mol. The second-order valence-corrected chi connectivity index (χ2v) is 7.51. The van der Waals surface area contributed by atoms with Crippen LogP contribution in [0.3, 0.4) is 0 Å². The fraction of sp³-hybridized carbons (Fsp3) is 0.333. The Labute approximate surface area is 165 Å². The molecule has 3 rings (SSSR count). The molecule has 0 saturated carbocycles. The van der Waals surface area contributed by atoms with Gasteiger partial charge in [0.2, 0.25) is 5.91 Å². The van der Waals surface area contributed by atoms with Gasteiger partial charge in [0.15, 0.2) is 0 Å². The molecule has 0 bridgehead atoms. The zero-order chi connectivity index (χ0) is 18.5. The first-order chi connectivity index (χ1) is 12.5. The minimum atomic E-state index is 0.0259. The zero-order valence-electron chi connectivity index (χ0n) is 14.9. The SMILES string of the molecule is CN(C(=O)Cc1ccc(Cl)c(Cl)c1)[C@@H](CN1C[CH]CC1)c1ccccc1. The summed E-state index contributed by atoms with van der Waals surface area (Å²) in [6.07, 6.45) is 3.71. The van der Waals surface area contributed by atoms with E-state index in [-0.39, 0.29) is 11.9 Å². The first kappa shape index (κ1) is 19.2. The van der Waals surface area contributed by atoms with Crippen LogP contribution >= 0.6 is 23.2 Å². The maximum atomic E-state index is 12.9. The highest BCUT2D eigenvalue weighted by Gasteiger charge is 2.25. The molecule has 1 amide bonds. The predicted octanol–water partition coefficient (Wildman–Crippen LogP) is 4.65. The van der Waals surface area contributed by atoms with Crippen molar-refractivity contribution >= 4 is 29.1 Å². The van der Waals surface area contributed by atoms with Crippen LogP contribution in [-0.2, 0) is 11.2 Å². The molecule has 5 heteroatoms. The summed E-state index contributed by atoms with van der Waals surface area (Å²) < 4.78 is 0. The quantitative estimate of drug-likeness (QED) is 0.717. The van der Waals surface area contributed by atoms with Gasteiger partial charge in [0, 0.05) is 20.1 Å². The van der Waals surface area contributed by atoms with Crippen LogP contribution in [0.25, 0.3) is 0 Å². The monoisotopic (exact) mass is 389 g/mol. The number of hydrogen-bond donors (Lipinski definition) is 0. The van der Waals surface area contributed by atoms with Crippen molar-refractivity contribution in [1.29, 1.82) is 0 Å². The molecule has 1 atom stereocenters. The lowest BCUT2D eigenvalue weighted by molar-refractivity contribution is -0.131. The fourth-order valence-corrected chi connectivity index (χ4v) is 3.62. The number of likely N-dealkylation sites (N-methyl/N-ethyl adjacent to an activating group) is 1. The second kappa shape index (κ2) is 8.90. The van der Waals surface area contributed by atoms with Crippen LogP contribution in [0.1, 0.15) is 23.6 Å². The van der Waals surface area contributed by atoms with Crippen LogP contribution in [0, 0.1) is 6.42 Å². The van der Waals surface area contributed by atoms with Gasteiger partial charge in [-0.15, -0.1) is 0 Å². The highest BCUT2D eigenvalue weighted by atomic mass is 35.5. The van der Waals surface area contributed by atoms with Crippen LogP contribution in [0.2, 0.25) is 10.0 Å². The first-order valence-corrected chi connectivity index (χ1v) is 9.58. The normalized spacial score (nSPS) is 15.8. The molecule has 0 unspecified atom stereocenters. The number of carbonyl (C=O) groups excluding carboxylic acids is 1. The number of likely N-dealkylation sites (tertiary alicyclic amines) is 1. The second-order valence-electron chi connectivity index (χ2n) is 6.69. The van der Waals surface area contributed by atoms with Crippen molar-refractivity contribution in [3.63, 3.8) is 0 Å². The van der Waals surface area contributed by atoms with E-state index >= 15 is 0 Å². The van der Waals surface area contributed by atoms with Gasteiger partial charge in [-0.3, -0.25) is 4.79 Å². The zero-order valence-corrected chi connectivity index (χ0v) is 16.4. The Morgan fingerprint density at radius 3 is 2.58 bits per heavy atom. The van der Waals surface area contributed by atoms with E-state index in [1.54, 1.807) is 12.1 Å². The van der Waals surface area contributed by atoms with E-state index in [2.05, 4.69) is 23.5 Å².